The topological polar surface area (TPSA) is 121 Å². The smallest absolute Gasteiger partial charge is 0.328 e. The summed E-state index contributed by atoms with van der Waals surface area (Å²) in [6, 6.07) is 5.70. The minimum atomic E-state index is -1.12. The second-order valence-corrected chi connectivity index (χ2v) is 5.16. The highest BCUT2D eigenvalue weighted by Crippen LogP contribution is 2.03. The van der Waals surface area contributed by atoms with E-state index in [9.17, 15) is 19.2 Å². The molecule has 0 radical (unpaired) electrons. The van der Waals surface area contributed by atoms with Gasteiger partial charge in [-0.1, -0.05) is 12.1 Å². The average molecular weight is 319 g/mol. The van der Waals surface area contributed by atoms with Gasteiger partial charge in [-0.05, 0) is 25.5 Å². The summed E-state index contributed by atoms with van der Waals surface area (Å²) in [5.41, 5.74) is -0.483. The Labute approximate surface area is 130 Å². The maximum atomic E-state index is 12.3. The molecule has 0 saturated heterocycles. The maximum Gasteiger partial charge on any atom is 0.328 e. The Morgan fingerprint density at radius 1 is 1.30 bits per heavy atom. The minimum absolute atomic E-state index is 0.0241. The normalized spacial score (nSPS) is 12.0. The predicted molar refractivity (Wildman–Crippen MR) is 83.3 cm³/mol. The molecule has 1 atom stereocenters. The molecule has 0 fully saturated rings. The van der Waals surface area contributed by atoms with Gasteiger partial charge in [0.2, 0.25) is 5.91 Å². The summed E-state index contributed by atoms with van der Waals surface area (Å²) in [7, 11) is 0. The number of carboxylic acids is 1. The van der Waals surface area contributed by atoms with Crippen LogP contribution in [-0.2, 0) is 16.1 Å². The molecule has 1 amide bonds. The number of hydrogen-bond acceptors (Lipinski definition) is 4. The van der Waals surface area contributed by atoms with Crippen LogP contribution in [0, 0.1) is 0 Å². The van der Waals surface area contributed by atoms with Crippen molar-refractivity contribution in [1.29, 1.82) is 0 Å². The number of aliphatic carboxylic acids is 1. The quantitative estimate of drug-likeness (QED) is 0.695. The van der Waals surface area contributed by atoms with Crippen LogP contribution < -0.4 is 16.6 Å². The van der Waals surface area contributed by atoms with Crippen LogP contribution >= 0.6 is 0 Å². The number of nitrogens with one attached hydrogen (secondary N) is 2. The molecule has 2 aromatic rings. The van der Waals surface area contributed by atoms with Crippen LogP contribution in [0.2, 0.25) is 0 Å². The number of hydrogen-bond donors (Lipinski definition) is 3. The third-order valence-electron chi connectivity index (χ3n) is 3.42. The van der Waals surface area contributed by atoms with E-state index in [1.807, 2.05) is 0 Å². The molecular formula is C15H17N3O5. The van der Waals surface area contributed by atoms with Crippen molar-refractivity contribution in [2.45, 2.75) is 32.4 Å². The second kappa shape index (κ2) is 6.91. The van der Waals surface area contributed by atoms with Gasteiger partial charge in [-0.3, -0.25) is 19.0 Å². The number of fused-ring (bicyclic) bond motifs is 1. The molecule has 3 N–H and O–H groups in total. The van der Waals surface area contributed by atoms with Crippen molar-refractivity contribution in [3.63, 3.8) is 0 Å². The third kappa shape index (κ3) is 3.85. The number of amides is 1. The van der Waals surface area contributed by atoms with Crippen LogP contribution in [0.25, 0.3) is 10.9 Å². The van der Waals surface area contributed by atoms with E-state index in [-0.39, 0.29) is 19.4 Å². The SMILES string of the molecule is C[C@@H](NC(=O)CCCn1c(=O)[nH]c2ccccc2c1=O)C(=O)O. The van der Waals surface area contributed by atoms with E-state index >= 15 is 0 Å². The van der Waals surface area contributed by atoms with Gasteiger partial charge in [0.1, 0.15) is 6.04 Å². The largest absolute Gasteiger partial charge is 0.480 e. The van der Waals surface area contributed by atoms with Crippen molar-refractivity contribution < 1.29 is 14.7 Å². The van der Waals surface area contributed by atoms with Crippen LogP contribution in [-0.4, -0.2) is 32.6 Å². The summed E-state index contributed by atoms with van der Waals surface area (Å²) in [5.74, 6) is -1.56. The minimum Gasteiger partial charge on any atom is -0.480 e. The summed E-state index contributed by atoms with van der Waals surface area (Å²) in [4.78, 5) is 49.0. The number of aromatic nitrogens is 2. The molecule has 0 bridgehead atoms. The number of carbonyl (C=O) groups excluding carboxylic acids is 1. The molecule has 0 aliphatic rings. The highest BCUT2D eigenvalue weighted by Gasteiger charge is 2.14. The van der Waals surface area contributed by atoms with E-state index in [0.717, 1.165) is 4.57 Å². The average Bonchev–Trinajstić information content (AvgIpc) is 2.50. The van der Waals surface area contributed by atoms with Gasteiger partial charge in [-0.25, -0.2) is 4.79 Å². The number of benzene rings is 1. The van der Waals surface area contributed by atoms with Crippen LogP contribution in [0.4, 0.5) is 0 Å². The molecule has 1 heterocycles. The van der Waals surface area contributed by atoms with Crippen LogP contribution in [0.15, 0.2) is 33.9 Å². The molecule has 2 rings (SSSR count). The molecular weight excluding hydrogens is 302 g/mol. The fraction of sp³-hybridized carbons (Fsp3) is 0.333. The Morgan fingerprint density at radius 3 is 2.70 bits per heavy atom. The first-order chi connectivity index (χ1) is 10.9. The lowest BCUT2D eigenvalue weighted by atomic mass is 10.2. The zero-order valence-corrected chi connectivity index (χ0v) is 12.5. The zero-order valence-electron chi connectivity index (χ0n) is 12.5. The Balaban J connectivity index is 2.06. The highest BCUT2D eigenvalue weighted by atomic mass is 16.4. The number of aromatic amines is 1. The van der Waals surface area contributed by atoms with Gasteiger partial charge < -0.3 is 15.4 Å². The van der Waals surface area contributed by atoms with Gasteiger partial charge in [0.05, 0.1) is 10.9 Å². The van der Waals surface area contributed by atoms with Crippen molar-refractivity contribution in [3.05, 3.63) is 45.1 Å². The predicted octanol–water partition coefficient (Wildman–Crippen LogP) is 0.0593. The number of rotatable bonds is 6. The zero-order chi connectivity index (χ0) is 17.0. The van der Waals surface area contributed by atoms with Crippen molar-refractivity contribution in [1.82, 2.24) is 14.9 Å². The molecule has 0 saturated carbocycles. The lowest BCUT2D eigenvalue weighted by Crippen LogP contribution is -2.39. The van der Waals surface area contributed by atoms with Gasteiger partial charge in [0.25, 0.3) is 5.56 Å². The van der Waals surface area contributed by atoms with Crippen molar-refractivity contribution in [3.8, 4) is 0 Å². The van der Waals surface area contributed by atoms with Gasteiger partial charge in [0.15, 0.2) is 0 Å². The van der Waals surface area contributed by atoms with Gasteiger partial charge in [0, 0.05) is 13.0 Å². The van der Waals surface area contributed by atoms with Crippen LogP contribution in [0.1, 0.15) is 19.8 Å². The van der Waals surface area contributed by atoms with E-state index in [2.05, 4.69) is 10.3 Å². The number of H-pyrrole nitrogens is 1. The van der Waals surface area contributed by atoms with E-state index in [1.165, 1.54) is 6.92 Å². The Hall–Kier alpha value is -2.90. The van der Waals surface area contributed by atoms with Crippen molar-refractivity contribution in [2.75, 3.05) is 0 Å². The highest BCUT2D eigenvalue weighted by molar-refractivity contribution is 5.83. The molecule has 1 aromatic heterocycles. The van der Waals surface area contributed by atoms with Gasteiger partial charge in [-0.2, -0.15) is 0 Å². The first kappa shape index (κ1) is 16.5. The molecule has 0 aliphatic heterocycles. The molecule has 0 unspecified atom stereocenters. The van der Waals surface area contributed by atoms with E-state index < -0.39 is 29.2 Å². The first-order valence-electron chi connectivity index (χ1n) is 7.14. The molecule has 8 heteroatoms. The molecule has 0 aliphatic carbocycles. The summed E-state index contributed by atoms with van der Waals surface area (Å²) in [6.07, 6.45) is 0.274. The number of carbonyl (C=O) groups is 2. The number of para-hydroxylation sites is 1. The summed E-state index contributed by atoms with van der Waals surface area (Å²) >= 11 is 0. The molecule has 122 valence electrons. The number of nitrogens with zero attached hydrogens (tertiary/aromatic N) is 1. The summed E-state index contributed by atoms with van der Waals surface area (Å²) < 4.78 is 1.04. The Bertz CT molecular complexity index is 852. The fourth-order valence-corrected chi connectivity index (χ4v) is 2.18. The third-order valence-corrected chi connectivity index (χ3v) is 3.42. The molecule has 8 nitrogen and oxygen atoms in total. The fourth-order valence-electron chi connectivity index (χ4n) is 2.18. The van der Waals surface area contributed by atoms with Crippen molar-refractivity contribution in [2.24, 2.45) is 0 Å². The molecule has 1 aromatic carbocycles. The number of carboxylic acid groups (broad SMARTS) is 1. The van der Waals surface area contributed by atoms with Gasteiger partial charge in [-0.15, -0.1) is 0 Å². The van der Waals surface area contributed by atoms with E-state index in [1.54, 1.807) is 24.3 Å². The van der Waals surface area contributed by atoms with Crippen molar-refractivity contribution >= 4 is 22.8 Å². The summed E-state index contributed by atoms with van der Waals surface area (Å²) in [5, 5.41) is 11.4. The molecule has 23 heavy (non-hydrogen) atoms. The lowest BCUT2D eigenvalue weighted by Gasteiger charge is -2.09. The standard InChI is InChI=1S/C15H17N3O5/c1-9(14(21)22)16-12(19)7-4-8-18-13(20)10-5-2-3-6-11(10)17-15(18)23/h2-3,5-6,9H,4,7-8H2,1H3,(H,16,19)(H,17,23)(H,21,22)/t9-/m1/s1. The van der Waals surface area contributed by atoms with Gasteiger partial charge >= 0.3 is 11.7 Å². The second-order valence-electron chi connectivity index (χ2n) is 5.16. The maximum absolute atomic E-state index is 12.3. The Kier molecular flexibility index (Phi) is 4.95. The van der Waals surface area contributed by atoms with E-state index in [4.69, 9.17) is 5.11 Å². The Morgan fingerprint density at radius 2 is 2.00 bits per heavy atom. The van der Waals surface area contributed by atoms with Crippen LogP contribution in [0.5, 0.6) is 0 Å². The summed E-state index contributed by atoms with van der Waals surface area (Å²) in [6.45, 7) is 1.44. The van der Waals surface area contributed by atoms with E-state index in [0.29, 0.717) is 10.9 Å². The van der Waals surface area contributed by atoms with Crippen LogP contribution in [0.3, 0.4) is 0 Å². The first-order valence-corrected chi connectivity index (χ1v) is 7.14. The monoisotopic (exact) mass is 319 g/mol. The lowest BCUT2D eigenvalue weighted by molar-refractivity contribution is -0.141. The molecule has 0 spiro atoms.